The molecule has 3 heterocycles. The Morgan fingerprint density at radius 3 is 2.23 bits per heavy atom. The highest BCUT2D eigenvalue weighted by molar-refractivity contribution is 7.91. The van der Waals surface area contributed by atoms with Gasteiger partial charge in [-0.2, -0.15) is 18.2 Å². The highest BCUT2D eigenvalue weighted by Gasteiger charge is 2.53. The van der Waals surface area contributed by atoms with E-state index in [1.165, 1.54) is 30.3 Å². The maximum atomic E-state index is 15.7. The smallest absolute Gasteiger partial charge is 0.444 e. The van der Waals surface area contributed by atoms with E-state index in [0.29, 0.717) is 5.56 Å². The predicted octanol–water partition coefficient (Wildman–Crippen LogP) is 4.41. The lowest BCUT2D eigenvalue weighted by atomic mass is 9.78. The number of sulfone groups is 1. The van der Waals surface area contributed by atoms with E-state index in [1.54, 1.807) is 48.5 Å². The van der Waals surface area contributed by atoms with Crippen molar-refractivity contribution >= 4 is 40.1 Å². The van der Waals surface area contributed by atoms with Crippen molar-refractivity contribution in [2.45, 2.75) is 88.9 Å². The fraction of sp³-hybridized carbons (Fsp3) is 0.467. The Balaban J connectivity index is 1.56. The Morgan fingerprint density at radius 2 is 1.69 bits per heavy atom. The molecule has 0 unspecified atom stereocenters. The van der Waals surface area contributed by atoms with Gasteiger partial charge in [-0.25, -0.2) is 17.6 Å². The molecule has 18 heteroatoms. The number of alkyl halides is 3. The van der Waals surface area contributed by atoms with Crippen LogP contribution in [0.25, 0.3) is 11.4 Å². The summed E-state index contributed by atoms with van der Waals surface area (Å²) in [4.78, 5) is 30.7. The van der Waals surface area contributed by atoms with Crippen LogP contribution in [-0.2, 0) is 41.4 Å². The quantitative estimate of drug-likeness (QED) is 0.300. The summed E-state index contributed by atoms with van der Waals surface area (Å²) in [6.45, 7) is 11.5. The first-order valence-corrected chi connectivity index (χ1v) is 16.4. The molecule has 1 atom stereocenters. The third-order valence-electron chi connectivity index (χ3n) is 8.07. The van der Waals surface area contributed by atoms with Crippen molar-refractivity contribution < 1.29 is 54.1 Å². The maximum Gasteiger partial charge on any atom is 0.497 e. The van der Waals surface area contributed by atoms with E-state index in [-0.39, 0.29) is 29.1 Å². The van der Waals surface area contributed by atoms with Crippen LogP contribution >= 0.6 is 0 Å². The summed E-state index contributed by atoms with van der Waals surface area (Å²) >= 11 is 0. The minimum atomic E-state index is -4.84. The minimum Gasteiger partial charge on any atom is -0.444 e. The number of nitrogens with zero attached hydrogens (tertiary/aromatic N) is 3. The van der Waals surface area contributed by atoms with Gasteiger partial charge in [-0.15, -0.1) is 0 Å². The molecule has 258 valence electrons. The van der Waals surface area contributed by atoms with Gasteiger partial charge in [-0.05, 0) is 66.2 Å². The second kappa shape index (κ2) is 11.8. The first-order valence-electron chi connectivity index (χ1n) is 14.7. The molecule has 2 amide bonds. The monoisotopic (exact) mass is 696 g/mol. The number of benzene rings is 2. The molecule has 12 nitrogen and oxygen atoms in total. The van der Waals surface area contributed by atoms with Crippen LogP contribution in [0.1, 0.15) is 59.9 Å². The molecule has 5 rings (SSSR count). The van der Waals surface area contributed by atoms with Crippen molar-refractivity contribution in [1.29, 1.82) is 0 Å². The topological polar surface area (TPSA) is 150 Å². The molecule has 2 aliphatic heterocycles. The Morgan fingerprint density at radius 1 is 1.08 bits per heavy atom. The lowest BCUT2D eigenvalue weighted by Crippen LogP contribution is -2.51. The molecule has 1 N–H and O–H groups in total. The van der Waals surface area contributed by atoms with Crippen LogP contribution in [0.5, 0.6) is 0 Å². The van der Waals surface area contributed by atoms with E-state index in [9.17, 15) is 31.2 Å². The van der Waals surface area contributed by atoms with Crippen LogP contribution in [0.4, 0.5) is 28.0 Å². The Labute approximate surface area is 274 Å². The molecule has 2 aliphatic rings. The number of rotatable bonds is 5. The number of hydrogen-bond donors (Lipinski definition) is 1. The zero-order valence-corrected chi connectivity index (χ0v) is 27.9. The van der Waals surface area contributed by atoms with Gasteiger partial charge in [0.1, 0.15) is 17.5 Å². The van der Waals surface area contributed by atoms with Crippen LogP contribution < -0.4 is 15.7 Å². The van der Waals surface area contributed by atoms with Gasteiger partial charge < -0.3 is 28.8 Å². The standard InChI is InChI=1S/C30H33BF4N4O8S/c1-27(2,3)44-26(41)36-20-15-48(42,43)22-13-19(32)18(31-46-28(4,5)29(6,7)47-31)12-21(22)39(24(20)40)14-16-8-10-17(11-9-16)23-37-25(45-38-23)30(33,34)35/h8-13,20H,14-15H2,1-7H3,(H,36,41)/t20-/m0/s1. The Bertz CT molecular complexity index is 1840. The van der Waals surface area contributed by atoms with Gasteiger partial charge in [0.05, 0.1) is 34.1 Å². The van der Waals surface area contributed by atoms with Gasteiger partial charge in [-0.3, -0.25) is 4.79 Å². The van der Waals surface area contributed by atoms with E-state index >= 15 is 4.39 Å². The number of carbonyl (C=O) groups excluding carboxylic acids is 2. The normalized spacial score (nSPS) is 20.3. The molecule has 48 heavy (non-hydrogen) atoms. The number of halogens is 4. The van der Waals surface area contributed by atoms with Crippen molar-refractivity contribution in [3.63, 3.8) is 0 Å². The summed E-state index contributed by atoms with van der Waals surface area (Å²) in [5.41, 5.74) is -2.53. The van der Waals surface area contributed by atoms with Crippen LogP contribution in [0.3, 0.4) is 0 Å². The average Bonchev–Trinajstić information content (AvgIpc) is 3.51. The van der Waals surface area contributed by atoms with E-state index in [2.05, 4.69) is 20.0 Å². The lowest BCUT2D eigenvalue weighted by Gasteiger charge is -2.32. The number of aromatic nitrogens is 2. The molecule has 1 saturated heterocycles. The summed E-state index contributed by atoms with van der Waals surface area (Å²) in [5, 5.41) is 5.69. The van der Waals surface area contributed by atoms with Crippen LogP contribution in [0, 0.1) is 5.82 Å². The molecule has 0 aliphatic carbocycles. The summed E-state index contributed by atoms with van der Waals surface area (Å²) in [5.74, 6) is -4.57. The Hall–Kier alpha value is -4.03. The second-order valence-electron chi connectivity index (χ2n) is 13.5. The van der Waals surface area contributed by atoms with Crippen LogP contribution in [0.2, 0.25) is 0 Å². The molecule has 0 spiro atoms. The van der Waals surface area contributed by atoms with Gasteiger partial charge in [0.2, 0.25) is 5.82 Å². The lowest BCUT2D eigenvalue weighted by molar-refractivity contribution is -0.159. The van der Waals surface area contributed by atoms with E-state index in [4.69, 9.17) is 14.0 Å². The number of ether oxygens (including phenoxy) is 1. The van der Waals surface area contributed by atoms with Gasteiger partial charge >= 0.3 is 25.3 Å². The van der Waals surface area contributed by atoms with E-state index < -0.39 is 80.3 Å². The number of amides is 2. The number of nitrogens with one attached hydrogen (secondary N) is 1. The van der Waals surface area contributed by atoms with Crippen molar-refractivity contribution in [2.75, 3.05) is 10.7 Å². The number of anilines is 1. The molecular formula is C30H33BF4N4O8S. The molecule has 0 radical (unpaired) electrons. The van der Waals surface area contributed by atoms with Crippen molar-refractivity contribution in [3.05, 3.63) is 53.7 Å². The predicted molar refractivity (Wildman–Crippen MR) is 163 cm³/mol. The molecule has 3 aromatic rings. The second-order valence-corrected chi connectivity index (χ2v) is 15.5. The zero-order valence-electron chi connectivity index (χ0n) is 27.1. The molecule has 1 fully saturated rings. The third kappa shape index (κ3) is 7.05. The highest BCUT2D eigenvalue weighted by atomic mass is 32.2. The molecule has 1 aromatic heterocycles. The van der Waals surface area contributed by atoms with Crippen molar-refractivity contribution in [1.82, 2.24) is 15.5 Å². The van der Waals surface area contributed by atoms with Gasteiger partial charge in [0.15, 0.2) is 9.84 Å². The molecule has 0 bridgehead atoms. The van der Waals surface area contributed by atoms with E-state index in [1.807, 2.05) is 0 Å². The van der Waals surface area contributed by atoms with E-state index in [0.717, 1.165) is 11.0 Å². The minimum absolute atomic E-state index is 0.160. The SMILES string of the molecule is CC(C)(C)OC(=O)N[C@H]1CS(=O)(=O)c2cc(F)c(B3OC(C)(C)C(C)(C)O3)cc2N(Cc2ccc(-c3noc(C(F)(F)F)n3)cc2)C1=O. The summed E-state index contributed by atoms with van der Waals surface area (Å²) in [7, 11) is -5.66. The number of carbonyl (C=O) groups is 2. The zero-order chi connectivity index (χ0) is 35.6. The number of alkyl carbamates (subject to hydrolysis) is 1. The largest absolute Gasteiger partial charge is 0.497 e. The first-order chi connectivity index (χ1) is 22.0. The van der Waals surface area contributed by atoms with Crippen molar-refractivity contribution in [3.8, 4) is 11.4 Å². The first kappa shape index (κ1) is 35.3. The molecule has 0 saturated carbocycles. The average molecular weight is 696 g/mol. The maximum absolute atomic E-state index is 15.7. The summed E-state index contributed by atoms with van der Waals surface area (Å²) in [6, 6.07) is 6.01. The summed E-state index contributed by atoms with van der Waals surface area (Å²) < 4.78 is 104. The Kier molecular flexibility index (Phi) is 8.70. The molecular weight excluding hydrogens is 663 g/mol. The number of fused-ring (bicyclic) bond motifs is 1. The molecule has 2 aromatic carbocycles. The van der Waals surface area contributed by atoms with Gasteiger partial charge in [0.25, 0.3) is 5.91 Å². The fourth-order valence-corrected chi connectivity index (χ4v) is 6.59. The van der Waals surface area contributed by atoms with Crippen LogP contribution in [-0.4, -0.2) is 66.3 Å². The van der Waals surface area contributed by atoms with Crippen LogP contribution in [0.15, 0.2) is 45.8 Å². The van der Waals surface area contributed by atoms with Gasteiger partial charge in [0, 0.05) is 11.0 Å². The third-order valence-corrected chi connectivity index (χ3v) is 9.84. The van der Waals surface area contributed by atoms with Crippen molar-refractivity contribution in [2.24, 2.45) is 0 Å². The number of hydrogen-bond acceptors (Lipinski definition) is 10. The van der Waals surface area contributed by atoms with Gasteiger partial charge in [-0.1, -0.05) is 29.4 Å². The fourth-order valence-electron chi connectivity index (χ4n) is 4.97. The highest BCUT2D eigenvalue weighted by Crippen LogP contribution is 2.38. The summed E-state index contributed by atoms with van der Waals surface area (Å²) in [6.07, 6.45) is -5.89.